The van der Waals surface area contributed by atoms with E-state index in [1.165, 1.54) is 44.0 Å². The molecule has 0 radical (unpaired) electrons. The fraction of sp³-hybridized carbons (Fsp3) is 0.500. The molecule has 3 nitrogen and oxygen atoms in total. The van der Waals surface area contributed by atoms with Crippen LogP contribution >= 0.6 is 0 Å². The number of pyridine rings is 1. The van der Waals surface area contributed by atoms with Crippen LogP contribution in [0.2, 0.25) is 0 Å². The third kappa shape index (κ3) is 3.53. The SMILES string of the molecule is CN(Cc1cc2ccccc2nc1N)CC1CCCCC1. The molecule has 1 fully saturated rings. The molecule has 3 heteroatoms. The molecule has 0 spiro atoms. The van der Waals surface area contributed by atoms with Gasteiger partial charge in [0.15, 0.2) is 0 Å². The van der Waals surface area contributed by atoms with Crippen LogP contribution < -0.4 is 5.73 Å². The van der Waals surface area contributed by atoms with Crippen molar-refractivity contribution in [2.75, 3.05) is 19.3 Å². The first-order valence-electron chi connectivity index (χ1n) is 8.05. The molecule has 1 saturated carbocycles. The van der Waals surface area contributed by atoms with E-state index in [4.69, 9.17) is 5.73 Å². The van der Waals surface area contributed by atoms with Crippen LogP contribution in [0.3, 0.4) is 0 Å². The smallest absolute Gasteiger partial charge is 0.128 e. The van der Waals surface area contributed by atoms with E-state index in [-0.39, 0.29) is 0 Å². The Bertz CT molecular complexity index is 602. The molecule has 0 saturated heterocycles. The van der Waals surface area contributed by atoms with Crippen molar-refractivity contribution in [3.63, 3.8) is 0 Å². The van der Waals surface area contributed by atoms with Crippen LogP contribution in [0.5, 0.6) is 0 Å². The number of nitrogens with zero attached hydrogens (tertiary/aromatic N) is 2. The van der Waals surface area contributed by atoms with Gasteiger partial charge in [-0.15, -0.1) is 0 Å². The second kappa shape index (κ2) is 6.44. The van der Waals surface area contributed by atoms with E-state index in [2.05, 4.69) is 35.1 Å². The van der Waals surface area contributed by atoms with Crippen LogP contribution in [0.15, 0.2) is 30.3 Å². The van der Waals surface area contributed by atoms with Gasteiger partial charge < -0.3 is 10.6 Å². The van der Waals surface area contributed by atoms with Crippen LogP contribution in [0.4, 0.5) is 5.82 Å². The predicted molar refractivity (Wildman–Crippen MR) is 89.1 cm³/mol. The number of benzene rings is 1. The first-order chi connectivity index (χ1) is 10.2. The van der Waals surface area contributed by atoms with Gasteiger partial charge in [-0.25, -0.2) is 4.98 Å². The number of nitrogens with two attached hydrogens (primary N) is 1. The minimum absolute atomic E-state index is 0.671. The van der Waals surface area contributed by atoms with Crippen LogP contribution in [0, 0.1) is 5.92 Å². The van der Waals surface area contributed by atoms with Gasteiger partial charge in [-0.3, -0.25) is 0 Å². The molecule has 0 aliphatic heterocycles. The fourth-order valence-corrected chi connectivity index (χ4v) is 3.47. The van der Waals surface area contributed by atoms with Gasteiger partial charge in [0.1, 0.15) is 5.82 Å². The van der Waals surface area contributed by atoms with Gasteiger partial charge in [0.2, 0.25) is 0 Å². The summed E-state index contributed by atoms with van der Waals surface area (Å²) in [5.41, 5.74) is 8.26. The zero-order valence-corrected chi connectivity index (χ0v) is 12.9. The third-order valence-electron chi connectivity index (χ3n) is 4.57. The summed E-state index contributed by atoms with van der Waals surface area (Å²) < 4.78 is 0. The van der Waals surface area contributed by atoms with Gasteiger partial charge >= 0.3 is 0 Å². The second-order valence-corrected chi connectivity index (χ2v) is 6.43. The lowest BCUT2D eigenvalue weighted by molar-refractivity contribution is 0.228. The highest BCUT2D eigenvalue weighted by Gasteiger charge is 2.16. The summed E-state index contributed by atoms with van der Waals surface area (Å²) in [5, 5.41) is 1.17. The molecule has 112 valence electrons. The summed E-state index contributed by atoms with van der Waals surface area (Å²) in [4.78, 5) is 6.93. The average Bonchev–Trinajstić information content (AvgIpc) is 2.49. The number of para-hydroxylation sites is 1. The van der Waals surface area contributed by atoms with Crippen molar-refractivity contribution in [1.29, 1.82) is 0 Å². The normalized spacial score (nSPS) is 16.7. The molecule has 3 rings (SSSR count). The lowest BCUT2D eigenvalue weighted by Gasteiger charge is -2.27. The summed E-state index contributed by atoms with van der Waals surface area (Å²) in [6, 6.07) is 10.4. The Labute approximate surface area is 127 Å². The van der Waals surface area contributed by atoms with E-state index in [1.807, 2.05) is 12.1 Å². The van der Waals surface area contributed by atoms with Crippen molar-refractivity contribution in [3.05, 3.63) is 35.9 Å². The van der Waals surface area contributed by atoms with Gasteiger partial charge in [-0.1, -0.05) is 37.5 Å². The molecule has 0 amide bonds. The van der Waals surface area contributed by atoms with Gasteiger partial charge in [0, 0.05) is 24.0 Å². The maximum Gasteiger partial charge on any atom is 0.128 e. The Kier molecular flexibility index (Phi) is 4.39. The monoisotopic (exact) mass is 283 g/mol. The lowest BCUT2D eigenvalue weighted by Crippen LogP contribution is -2.27. The van der Waals surface area contributed by atoms with Crippen LogP contribution in [-0.2, 0) is 6.54 Å². The highest BCUT2D eigenvalue weighted by atomic mass is 15.1. The molecule has 1 aromatic carbocycles. The molecule has 2 N–H and O–H groups in total. The van der Waals surface area contributed by atoms with Crippen molar-refractivity contribution >= 4 is 16.7 Å². The third-order valence-corrected chi connectivity index (χ3v) is 4.57. The molecule has 1 heterocycles. The summed E-state index contributed by atoms with van der Waals surface area (Å²) in [7, 11) is 2.20. The molecular formula is C18H25N3. The van der Waals surface area contributed by atoms with Crippen molar-refractivity contribution < 1.29 is 0 Å². The highest BCUT2D eigenvalue weighted by molar-refractivity contribution is 5.81. The lowest BCUT2D eigenvalue weighted by atomic mass is 9.89. The Morgan fingerprint density at radius 3 is 2.76 bits per heavy atom. The van der Waals surface area contributed by atoms with Crippen LogP contribution in [0.25, 0.3) is 10.9 Å². The molecule has 0 atom stereocenters. The average molecular weight is 283 g/mol. The van der Waals surface area contributed by atoms with E-state index in [0.717, 1.165) is 23.5 Å². The molecule has 21 heavy (non-hydrogen) atoms. The Balaban J connectivity index is 1.70. The Hall–Kier alpha value is -1.61. The number of rotatable bonds is 4. The van der Waals surface area contributed by atoms with Gasteiger partial charge in [0.25, 0.3) is 0 Å². The summed E-state index contributed by atoms with van der Waals surface area (Å²) >= 11 is 0. The molecule has 2 aromatic rings. The number of aromatic nitrogens is 1. The maximum absolute atomic E-state index is 6.13. The minimum atomic E-state index is 0.671. The van der Waals surface area contributed by atoms with Crippen LogP contribution in [-0.4, -0.2) is 23.5 Å². The first kappa shape index (κ1) is 14.3. The summed E-state index contributed by atoms with van der Waals surface area (Å²) in [6.07, 6.45) is 6.99. The number of fused-ring (bicyclic) bond motifs is 1. The molecule has 1 aliphatic carbocycles. The van der Waals surface area contributed by atoms with Gasteiger partial charge in [-0.2, -0.15) is 0 Å². The largest absolute Gasteiger partial charge is 0.383 e. The number of hydrogen-bond donors (Lipinski definition) is 1. The topological polar surface area (TPSA) is 42.2 Å². The standard InChI is InChI=1S/C18H25N3/c1-21(12-14-7-3-2-4-8-14)13-16-11-15-9-5-6-10-17(15)20-18(16)19/h5-6,9-11,14H,2-4,7-8,12-13H2,1H3,(H2,19,20). The first-order valence-corrected chi connectivity index (χ1v) is 8.05. The fourth-order valence-electron chi connectivity index (χ4n) is 3.47. The zero-order chi connectivity index (χ0) is 14.7. The van der Waals surface area contributed by atoms with E-state index < -0.39 is 0 Å². The quantitative estimate of drug-likeness (QED) is 0.927. The maximum atomic E-state index is 6.13. The van der Waals surface area contributed by atoms with Gasteiger partial charge in [-0.05, 0) is 37.9 Å². The van der Waals surface area contributed by atoms with E-state index in [9.17, 15) is 0 Å². The molecule has 1 aromatic heterocycles. The van der Waals surface area contributed by atoms with Crippen molar-refractivity contribution in [1.82, 2.24) is 9.88 Å². The van der Waals surface area contributed by atoms with Crippen molar-refractivity contribution in [2.45, 2.75) is 38.6 Å². The van der Waals surface area contributed by atoms with Crippen LogP contribution in [0.1, 0.15) is 37.7 Å². The minimum Gasteiger partial charge on any atom is -0.383 e. The molecule has 0 bridgehead atoms. The number of anilines is 1. The Morgan fingerprint density at radius 2 is 1.95 bits per heavy atom. The van der Waals surface area contributed by atoms with Crippen molar-refractivity contribution in [2.24, 2.45) is 5.92 Å². The molecule has 0 unspecified atom stereocenters. The van der Waals surface area contributed by atoms with E-state index in [1.54, 1.807) is 0 Å². The highest BCUT2D eigenvalue weighted by Crippen LogP contribution is 2.25. The number of nitrogen functional groups attached to an aromatic ring is 1. The molecule has 1 aliphatic rings. The van der Waals surface area contributed by atoms with E-state index in [0.29, 0.717) is 5.82 Å². The Morgan fingerprint density at radius 1 is 1.19 bits per heavy atom. The van der Waals surface area contributed by atoms with Crippen molar-refractivity contribution in [3.8, 4) is 0 Å². The summed E-state index contributed by atoms with van der Waals surface area (Å²) in [6.45, 7) is 2.06. The predicted octanol–water partition coefficient (Wildman–Crippen LogP) is 3.83. The van der Waals surface area contributed by atoms with E-state index >= 15 is 0 Å². The second-order valence-electron chi connectivity index (χ2n) is 6.43. The summed E-state index contributed by atoms with van der Waals surface area (Å²) in [5.74, 6) is 1.53. The zero-order valence-electron chi connectivity index (χ0n) is 12.9. The number of hydrogen-bond acceptors (Lipinski definition) is 3. The molecular weight excluding hydrogens is 258 g/mol. The van der Waals surface area contributed by atoms with Gasteiger partial charge in [0.05, 0.1) is 5.52 Å².